The predicted molar refractivity (Wildman–Crippen MR) is 84.5 cm³/mol. The fourth-order valence-electron chi connectivity index (χ4n) is 3.04. The van der Waals surface area contributed by atoms with Crippen LogP contribution in [0, 0.1) is 5.41 Å². The molecule has 1 aromatic rings. The predicted octanol–water partition coefficient (Wildman–Crippen LogP) is 1.58. The number of methoxy groups -OCH3 is 2. The van der Waals surface area contributed by atoms with Crippen LogP contribution in [-0.4, -0.2) is 55.8 Å². The van der Waals surface area contributed by atoms with Crippen molar-refractivity contribution in [2.24, 2.45) is 5.41 Å². The van der Waals surface area contributed by atoms with E-state index in [-0.39, 0.29) is 25.5 Å². The number of hydrogen-bond donors (Lipinski definition) is 1. The monoisotopic (exact) mass is 321 g/mol. The van der Waals surface area contributed by atoms with Crippen molar-refractivity contribution in [3.05, 3.63) is 29.8 Å². The number of ether oxygens (including phenoxy) is 2. The van der Waals surface area contributed by atoms with Gasteiger partial charge in [-0.2, -0.15) is 0 Å². The Bertz CT molecular complexity index is 570. The first-order valence-electron chi connectivity index (χ1n) is 7.64. The van der Waals surface area contributed by atoms with Crippen LogP contribution < -0.4 is 4.74 Å². The molecule has 1 atom stereocenters. The van der Waals surface area contributed by atoms with Crippen LogP contribution in [-0.2, 0) is 20.7 Å². The van der Waals surface area contributed by atoms with Gasteiger partial charge in [-0.3, -0.25) is 9.59 Å². The van der Waals surface area contributed by atoms with Gasteiger partial charge < -0.3 is 19.5 Å². The van der Waals surface area contributed by atoms with E-state index in [1.165, 1.54) is 7.11 Å². The number of carboxylic acids is 1. The Morgan fingerprint density at radius 3 is 2.78 bits per heavy atom. The number of carbonyl (C=O) groups excluding carboxylic acids is 1. The molecule has 1 heterocycles. The summed E-state index contributed by atoms with van der Waals surface area (Å²) < 4.78 is 10.2. The Labute approximate surface area is 136 Å². The molecular weight excluding hydrogens is 298 g/mol. The van der Waals surface area contributed by atoms with Gasteiger partial charge in [0, 0.05) is 20.2 Å². The fourth-order valence-corrected chi connectivity index (χ4v) is 3.04. The standard InChI is InChI=1S/C17H23NO5/c1-22-12-17(16(20)21)7-4-8-18(11-17)15(19)10-13-5-3-6-14(9-13)23-2/h3,5-6,9H,4,7-8,10-12H2,1-2H3,(H,20,21). The molecule has 1 saturated heterocycles. The molecule has 0 saturated carbocycles. The summed E-state index contributed by atoms with van der Waals surface area (Å²) in [5.74, 6) is -0.272. The molecule has 0 bridgehead atoms. The molecule has 6 heteroatoms. The second kappa shape index (κ2) is 7.46. The lowest BCUT2D eigenvalue weighted by atomic mass is 9.80. The highest BCUT2D eigenvalue weighted by Gasteiger charge is 2.43. The second-order valence-electron chi connectivity index (χ2n) is 5.97. The molecule has 1 N–H and O–H groups in total. The van der Waals surface area contributed by atoms with Gasteiger partial charge in [0.2, 0.25) is 5.91 Å². The molecular formula is C17H23NO5. The molecule has 0 spiro atoms. The van der Waals surface area contributed by atoms with Gasteiger partial charge in [0.25, 0.3) is 0 Å². The van der Waals surface area contributed by atoms with Gasteiger partial charge in [0.15, 0.2) is 0 Å². The summed E-state index contributed by atoms with van der Waals surface area (Å²) in [6, 6.07) is 7.35. The summed E-state index contributed by atoms with van der Waals surface area (Å²) in [7, 11) is 3.07. The van der Waals surface area contributed by atoms with Crippen molar-refractivity contribution in [3.63, 3.8) is 0 Å². The average molecular weight is 321 g/mol. The van der Waals surface area contributed by atoms with E-state index < -0.39 is 11.4 Å². The zero-order valence-electron chi connectivity index (χ0n) is 13.6. The number of carboxylic acid groups (broad SMARTS) is 1. The number of amides is 1. The largest absolute Gasteiger partial charge is 0.497 e. The van der Waals surface area contributed by atoms with Gasteiger partial charge in [-0.1, -0.05) is 12.1 Å². The molecule has 1 unspecified atom stereocenters. The maximum Gasteiger partial charge on any atom is 0.313 e. The minimum absolute atomic E-state index is 0.0697. The van der Waals surface area contributed by atoms with Gasteiger partial charge in [-0.15, -0.1) is 0 Å². The molecule has 6 nitrogen and oxygen atoms in total. The molecule has 23 heavy (non-hydrogen) atoms. The number of likely N-dealkylation sites (tertiary alicyclic amines) is 1. The molecule has 1 fully saturated rings. The van der Waals surface area contributed by atoms with E-state index >= 15 is 0 Å². The van der Waals surface area contributed by atoms with Crippen LogP contribution in [0.3, 0.4) is 0 Å². The van der Waals surface area contributed by atoms with Gasteiger partial charge in [0.05, 0.1) is 20.1 Å². The molecule has 0 aliphatic carbocycles. The van der Waals surface area contributed by atoms with Crippen LogP contribution >= 0.6 is 0 Å². The Hall–Kier alpha value is -2.08. The molecule has 1 aliphatic rings. The quantitative estimate of drug-likeness (QED) is 0.861. The number of nitrogens with zero attached hydrogens (tertiary/aromatic N) is 1. The zero-order valence-corrected chi connectivity index (χ0v) is 13.6. The number of hydrogen-bond acceptors (Lipinski definition) is 4. The van der Waals surface area contributed by atoms with Crippen molar-refractivity contribution in [1.82, 2.24) is 4.90 Å². The Morgan fingerprint density at radius 1 is 1.35 bits per heavy atom. The first-order chi connectivity index (χ1) is 11.0. The van der Waals surface area contributed by atoms with Crippen molar-refractivity contribution in [3.8, 4) is 5.75 Å². The van der Waals surface area contributed by atoms with E-state index in [0.29, 0.717) is 25.1 Å². The lowest BCUT2D eigenvalue weighted by Gasteiger charge is -2.39. The highest BCUT2D eigenvalue weighted by Crippen LogP contribution is 2.31. The molecule has 0 aromatic heterocycles. The molecule has 126 valence electrons. The molecule has 1 aliphatic heterocycles. The third-order valence-corrected chi connectivity index (χ3v) is 4.29. The second-order valence-corrected chi connectivity index (χ2v) is 5.97. The van der Waals surface area contributed by atoms with Gasteiger partial charge in [-0.25, -0.2) is 0 Å². The minimum Gasteiger partial charge on any atom is -0.497 e. The van der Waals surface area contributed by atoms with E-state index in [1.54, 1.807) is 12.0 Å². The lowest BCUT2D eigenvalue weighted by Crippen LogP contribution is -2.52. The Kier molecular flexibility index (Phi) is 5.60. The summed E-state index contributed by atoms with van der Waals surface area (Å²) in [5.41, 5.74) is -0.149. The van der Waals surface area contributed by atoms with E-state index in [2.05, 4.69) is 0 Å². The highest BCUT2D eigenvalue weighted by molar-refractivity contribution is 5.81. The van der Waals surface area contributed by atoms with Crippen molar-refractivity contribution in [2.45, 2.75) is 19.3 Å². The first kappa shape index (κ1) is 17.3. The third-order valence-electron chi connectivity index (χ3n) is 4.29. The average Bonchev–Trinajstić information content (AvgIpc) is 2.55. The molecule has 1 amide bonds. The van der Waals surface area contributed by atoms with Crippen molar-refractivity contribution in [2.75, 3.05) is 33.9 Å². The van der Waals surface area contributed by atoms with E-state index in [1.807, 2.05) is 24.3 Å². The third kappa shape index (κ3) is 4.01. The number of benzene rings is 1. The number of rotatable bonds is 6. The summed E-state index contributed by atoms with van der Waals surface area (Å²) in [6.45, 7) is 0.895. The van der Waals surface area contributed by atoms with Crippen LogP contribution in [0.5, 0.6) is 5.75 Å². The first-order valence-corrected chi connectivity index (χ1v) is 7.64. The van der Waals surface area contributed by atoms with Gasteiger partial charge >= 0.3 is 5.97 Å². The van der Waals surface area contributed by atoms with Crippen molar-refractivity contribution in [1.29, 1.82) is 0 Å². The smallest absolute Gasteiger partial charge is 0.313 e. The van der Waals surface area contributed by atoms with Crippen LogP contribution in [0.2, 0.25) is 0 Å². The maximum absolute atomic E-state index is 12.5. The summed E-state index contributed by atoms with van der Waals surface area (Å²) >= 11 is 0. The Balaban J connectivity index is 2.08. The number of aliphatic carboxylic acids is 1. The van der Waals surface area contributed by atoms with E-state index in [0.717, 1.165) is 5.56 Å². The summed E-state index contributed by atoms with van der Waals surface area (Å²) in [6.07, 6.45) is 1.43. The topological polar surface area (TPSA) is 76.1 Å². The van der Waals surface area contributed by atoms with Gasteiger partial charge in [-0.05, 0) is 30.5 Å². The summed E-state index contributed by atoms with van der Waals surface area (Å²) in [5, 5.41) is 9.54. The van der Waals surface area contributed by atoms with Crippen LogP contribution in [0.25, 0.3) is 0 Å². The fraction of sp³-hybridized carbons (Fsp3) is 0.529. The molecule has 2 rings (SSSR count). The maximum atomic E-state index is 12.5. The molecule has 0 radical (unpaired) electrons. The number of carbonyl (C=O) groups is 2. The Morgan fingerprint density at radius 2 is 2.13 bits per heavy atom. The SMILES string of the molecule is COCC1(C(=O)O)CCCN(C(=O)Cc2cccc(OC)c2)C1. The highest BCUT2D eigenvalue weighted by atomic mass is 16.5. The normalized spacial score (nSPS) is 21.0. The zero-order chi connectivity index (χ0) is 16.9. The summed E-state index contributed by atoms with van der Waals surface area (Å²) in [4.78, 5) is 25.8. The van der Waals surface area contributed by atoms with E-state index in [9.17, 15) is 14.7 Å². The van der Waals surface area contributed by atoms with Crippen LogP contribution in [0.4, 0.5) is 0 Å². The number of piperidine rings is 1. The van der Waals surface area contributed by atoms with Crippen LogP contribution in [0.15, 0.2) is 24.3 Å². The van der Waals surface area contributed by atoms with Crippen LogP contribution in [0.1, 0.15) is 18.4 Å². The minimum atomic E-state index is -1.00. The lowest BCUT2D eigenvalue weighted by molar-refractivity contribution is -0.159. The van der Waals surface area contributed by atoms with Crippen molar-refractivity contribution < 1.29 is 24.2 Å². The molecule has 1 aromatic carbocycles. The van der Waals surface area contributed by atoms with Gasteiger partial charge in [0.1, 0.15) is 11.2 Å². The van der Waals surface area contributed by atoms with E-state index in [4.69, 9.17) is 9.47 Å². The van der Waals surface area contributed by atoms with Crippen molar-refractivity contribution >= 4 is 11.9 Å².